The molecular formula is C28H30N8O3S. The molecule has 0 amide bonds. The van der Waals surface area contributed by atoms with Crippen molar-refractivity contribution in [1.29, 1.82) is 0 Å². The number of hydrogen-bond donors (Lipinski definition) is 4. The molecule has 0 radical (unpaired) electrons. The van der Waals surface area contributed by atoms with Crippen LogP contribution in [0.5, 0.6) is 5.75 Å². The number of primary sulfonamides is 1. The van der Waals surface area contributed by atoms with Crippen LogP contribution in [-0.2, 0) is 30.2 Å². The van der Waals surface area contributed by atoms with E-state index in [4.69, 9.17) is 14.9 Å². The van der Waals surface area contributed by atoms with E-state index in [0.717, 1.165) is 33.9 Å². The Kier molecular flexibility index (Phi) is 7.54. The average molecular weight is 559 g/mol. The molecule has 40 heavy (non-hydrogen) atoms. The van der Waals surface area contributed by atoms with Crippen molar-refractivity contribution in [3.8, 4) is 5.75 Å². The minimum atomic E-state index is -3.84. The Labute approximate surface area is 232 Å². The second-order valence-electron chi connectivity index (χ2n) is 9.29. The minimum Gasteiger partial charge on any atom is -0.497 e. The highest BCUT2D eigenvalue weighted by molar-refractivity contribution is 7.89. The van der Waals surface area contributed by atoms with Crippen LogP contribution in [0.3, 0.4) is 0 Å². The van der Waals surface area contributed by atoms with Gasteiger partial charge in [0.25, 0.3) is 0 Å². The van der Waals surface area contributed by atoms with Gasteiger partial charge in [0.1, 0.15) is 11.6 Å². The molecule has 5 aromatic rings. The third kappa shape index (κ3) is 6.14. The molecular weight excluding hydrogens is 528 g/mol. The fourth-order valence-electron chi connectivity index (χ4n) is 4.26. The number of ether oxygens (including phenoxy) is 1. The van der Waals surface area contributed by atoms with Crippen molar-refractivity contribution in [2.45, 2.75) is 24.9 Å². The van der Waals surface area contributed by atoms with Crippen molar-refractivity contribution in [2.75, 3.05) is 23.1 Å². The lowest BCUT2D eigenvalue weighted by Gasteiger charge is -2.10. The third-order valence-corrected chi connectivity index (χ3v) is 7.49. The summed E-state index contributed by atoms with van der Waals surface area (Å²) in [6.07, 6.45) is 1.62. The molecule has 0 aliphatic carbocycles. The largest absolute Gasteiger partial charge is 0.497 e. The van der Waals surface area contributed by atoms with Crippen LogP contribution in [-0.4, -0.2) is 35.0 Å². The number of aryl methyl sites for hydroxylation is 2. The molecule has 206 valence electrons. The molecule has 0 fully saturated rings. The van der Waals surface area contributed by atoms with Gasteiger partial charge in [0, 0.05) is 32.0 Å². The van der Waals surface area contributed by atoms with Crippen LogP contribution < -0.4 is 25.8 Å². The molecule has 3 aromatic carbocycles. The summed E-state index contributed by atoms with van der Waals surface area (Å²) in [6.45, 7) is 2.86. The highest BCUT2D eigenvalue weighted by atomic mass is 32.2. The zero-order valence-corrected chi connectivity index (χ0v) is 23.2. The molecule has 0 spiro atoms. The van der Waals surface area contributed by atoms with Gasteiger partial charge in [-0.1, -0.05) is 24.3 Å². The van der Waals surface area contributed by atoms with Crippen molar-refractivity contribution >= 4 is 44.5 Å². The number of nitrogens with two attached hydrogens (primary N) is 1. The number of methoxy groups -OCH3 is 1. The first-order valence-electron chi connectivity index (χ1n) is 12.5. The van der Waals surface area contributed by atoms with Crippen LogP contribution in [0.15, 0.2) is 77.8 Å². The lowest BCUT2D eigenvalue weighted by atomic mass is 10.2. The first-order chi connectivity index (χ1) is 19.2. The molecule has 11 nitrogen and oxygen atoms in total. The standard InChI is InChI=1S/C28H30N8O3S/c1-18-4-8-21(15-25(18)40(29,37)38)33-27-30-13-12-26(35-27)31-17-20-7-11-24-23(14-20)34-28(36(24)2)32-16-19-5-9-22(39-3)10-6-19/h4-15H,16-17H2,1-3H3,(H,32,34)(H2,29,37,38)(H2,30,31,33,35). The topological polar surface area (TPSA) is 149 Å². The van der Waals surface area contributed by atoms with Crippen LogP contribution >= 0.6 is 0 Å². The summed E-state index contributed by atoms with van der Waals surface area (Å²) in [5.41, 5.74) is 5.15. The lowest BCUT2D eigenvalue weighted by molar-refractivity contribution is 0.414. The molecule has 0 saturated carbocycles. The van der Waals surface area contributed by atoms with Gasteiger partial charge in [-0.3, -0.25) is 0 Å². The van der Waals surface area contributed by atoms with Crippen LogP contribution in [0.25, 0.3) is 11.0 Å². The SMILES string of the molecule is COc1ccc(CNc2nc3cc(CNc4ccnc(Nc5ccc(C)c(S(N)(=O)=O)c5)n4)ccc3n2C)cc1. The first-order valence-corrected chi connectivity index (χ1v) is 14.0. The maximum absolute atomic E-state index is 11.8. The summed E-state index contributed by atoms with van der Waals surface area (Å²) in [5, 5.41) is 15.1. The summed E-state index contributed by atoms with van der Waals surface area (Å²) in [5.74, 6) is 2.54. The van der Waals surface area contributed by atoms with Crippen LogP contribution in [0.1, 0.15) is 16.7 Å². The molecule has 0 atom stereocenters. The zero-order chi connectivity index (χ0) is 28.3. The molecule has 2 heterocycles. The molecule has 5 rings (SSSR count). The van der Waals surface area contributed by atoms with E-state index in [9.17, 15) is 8.42 Å². The predicted molar refractivity (Wildman–Crippen MR) is 156 cm³/mol. The number of fused-ring (bicyclic) bond motifs is 1. The minimum absolute atomic E-state index is 0.0517. The number of imidazole rings is 1. The Balaban J connectivity index is 1.24. The number of nitrogens with one attached hydrogen (secondary N) is 3. The van der Waals surface area contributed by atoms with Gasteiger partial charge >= 0.3 is 0 Å². The van der Waals surface area contributed by atoms with Gasteiger partial charge in [0.05, 0.1) is 23.0 Å². The number of rotatable bonds is 10. The molecule has 0 saturated heterocycles. The molecule has 5 N–H and O–H groups in total. The van der Waals surface area contributed by atoms with E-state index in [1.807, 2.05) is 54.1 Å². The van der Waals surface area contributed by atoms with Crippen LogP contribution in [0.2, 0.25) is 0 Å². The number of sulfonamides is 1. The summed E-state index contributed by atoms with van der Waals surface area (Å²) < 4.78 is 30.9. The molecule has 0 bridgehead atoms. The predicted octanol–water partition coefficient (Wildman–Crippen LogP) is 4.30. The monoisotopic (exact) mass is 558 g/mol. The van der Waals surface area contributed by atoms with Gasteiger partial charge < -0.3 is 25.3 Å². The quantitative estimate of drug-likeness (QED) is 0.197. The molecule has 0 aliphatic rings. The molecule has 2 aromatic heterocycles. The van der Waals surface area contributed by atoms with Crippen molar-refractivity contribution in [3.63, 3.8) is 0 Å². The Morgan fingerprint density at radius 2 is 1.68 bits per heavy atom. The Morgan fingerprint density at radius 3 is 2.42 bits per heavy atom. The lowest BCUT2D eigenvalue weighted by Crippen LogP contribution is -2.14. The van der Waals surface area contributed by atoms with Gasteiger partial charge in [0.15, 0.2) is 0 Å². The van der Waals surface area contributed by atoms with Crippen molar-refractivity contribution in [1.82, 2.24) is 19.5 Å². The normalized spacial score (nSPS) is 11.4. The van der Waals surface area contributed by atoms with Gasteiger partial charge in [-0.25, -0.2) is 23.5 Å². The third-order valence-electron chi connectivity index (χ3n) is 6.43. The zero-order valence-electron chi connectivity index (χ0n) is 22.3. The van der Waals surface area contributed by atoms with Gasteiger partial charge in [0.2, 0.25) is 21.9 Å². The van der Waals surface area contributed by atoms with E-state index in [0.29, 0.717) is 36.1 Å². The van der Waals surface area contributed by atoms with Crippen molar-refractivity contribution < 1.29 is 13.2 Å². The van der Waals surface area contributed by atoms with Gasteiger partial charge in [-0.05, 0) is 66.1 Å². The second-order valence-corrected chi connectivity index (χ2v) is 10.8. The summed E-state index contributed by atoms with van der Waals surface area (Å²) in [6, 6.07) is 20.7. The Bertz CT molecular complexity index is 1770. The molecule has 0 unspecified atom stereocenters. The number of nitrogens with zero attached hydrogens (tertiary/aromatic N) is 4. The van der Waals surface area contributed by atoms with Gasteiger partial charge in [-0.15, -0.1) is 0 Å². The number of aromatic nitrogens is 4. The van der Waals surface area contributed by atoms with Crippen LogP contribution in [0.4, 0.5) is 23.4 Å². The van der Waals surface area contributed by atoms with E-state index in [1.54, 1.807) is 38.4 Å². The van der Waals surface area contributed by atoms with Crippen molar-refractivity contribution in [3.05, 3.63) is 89.6 Å². The average Bonchev–Trinajstić information content (AvgIpc) is 3.26. The summed E-state index contributed by atoms with van der Waals surface area (Å²) in [7, 11) is -0.200. The first kappa shape index (κ1) is 26.9. The molecule has 12 heteroatoms. The van der Waals surface area contributed by atoms with E-state index < -0.39 is 10.0 Å². The maximum Gasteiger partial charge on any atom is 0.238 e. The number of anilines is 4. The molecule has 0 aliphatic heterocycles. The highest BCUT2D eigenvalue weighted by Gasteiger charge is 2.13. The maximum atomic E-state index is 11.8. The van der Waals surface area contributed by atoms with E-state index in [-0.39, 0.29) is 4.90 Å². The Hall–Kier alpha value is -4.68. The fourth-order valence-corrected chi connectivity index (χ4v) is 5.07. The Morgan fingerprint density at radius 1 is 0.925 bits per heavy atom. The summed E-state index contributed by atoms with van der Waals surface area (Å²) in [4.78, 5) is 13.6. The van der Waals surface area contributed by atoms with E-state index in [2.05, 4.69) is 25.9 Å². The fraction of sp³-hybridized carbons (Fsp3) is 0.179. The number of benzene rings is 3. The number of hydrogen-bond acceptors (Lipinski definition) is 9. The van der Waals surface area contributed by atoms with Crippen molar-refractivity contribution in [2.24, 2.45) is 12.2 Å². The smallest absolute Gasteiger partial charge is 0.238 e. The van der Waals surface area contributed by atoms with Gasteiger partial charge in [-0.2, -0.15) is 4.98 Å². The van der Waals surface area contributed by atoms with Crippen LogP contribution in [0, 0.1) is 6.92 Å². The second kappa shape index (κ2) is 11.2. The summed E-state index contributed by atoms with van der Waals surface area (Å²) >= 11 is 0. The van der Waals surface area contributed by atoms with E-state index >= 15 is 0 Å². The van der Waals surface area contributed by atoms with E-state index in [1.165, 1.54) is 6.07 Å². The highest BCUT2D eigenvalue weighted by Crippen LogP contribution is 2.23.